The molecule has 0 aliphatic heterocycles. The molecule has 0 amide bonds. The Hall–Kier alpha value is -1.92. The second-order valence-electron chi connectivity index (χ2n) is 6.11. The molecule has 4 nitrogen and oxygen atoms in total. The van der Waals surface area contributed by atoms with Gasteiger partial charge in [0.05, 0.1) is 0 Å². The summed E-state index contributed by atoms with van der Waals surface area (Å²) in [4.78, 5) is 17.0. The van der Waals surface area contributed by atoms with Crippen LogP contribution >= 0.6 is 25.3 Å². The van der Waals surface area contributed by atoms with Gasteiger partial charge < -0.3 is 9.64 Å². The van der Waals surface area contributed by atoms with Gasteiger partial charge in [0.1, 0.15) is 19.2 Å². The van der Waals surface area contributed by atoms with E-state index in [0.717, 1.165) is 17.8 Å². The summed E-state index contributed by atoms with van der Waals surface area (Å²) in [5.74, 6) is 0.926. The van der Waals surface area contributed by atoms with Gasteiger partial charge in [0.2, 0.25) is 0 Å². The van der Waals surface area contributed by atoms with Crippen molar-refractivity contribution >= 4 is 49.2 Å². The number of esters is 1. The van der Waals surface area contributed by atoms with E-state index in [4.69, 9.17) is 4.74 Å². The average Bonchev–Trinajstić information content (AvgIpc) is 2.70. The Bertz CT molecular complexity index is 682. The first kappa shape index (κ1) is 24.1. The lowest BCUT2D eigenvalue weighted by Crippen LogP contribution is -2.67. The predicted molar refractivity (Wildman–Crippen MR) is 127 cm³/mol. The topological polar surface area (TPSA) is 43.5 Å². The van der Waals surface area contributed by atoms with Gasteiger partial charge in [-0.2, -0.15) is 25.3 Å². The van der Waals surface area contributed by atoms with E-state index < -0.39 is 0 Å². The molecule has 0 fully saturated rings. The Morgan fingerprint density at radius 1 is 1.14 bits per heavy atom. The smallest absolute Gasteiger partial charge is 0.325 e. The normalized spacial score (nSPS) is 13.1. The van der Waals surface area contributed by atoms with Crippen molar-refractivity contribution in [2.45, 2.75) is 19.4 Å². The molecule has 0 radical (unpaired) electrons. The van der Waals surface area contributed by atoms with Crippen molar-refractivity contribution in [1.29, 1.82) is 0 Å². The summed E-state index contributed by atoms with van der Waals surface area (Å²) in [6, 6.07) is 8.03. The van der Waals surface area contributed by atoms with Crippen LogP contribution < -0.4 is 9.89 Å². The molecule has 0 saturated carbocycles. The fraction of sp³-hybridized carbons (Fsp3) is 0.364. The van der Waals surface area contributed by atoms with Gasteiger partial charge in [0, 0.05) is 24.6 Å². The predicted octanol–water partition coefficient (Wildman–Crippen LogP) is 2.58. The first-order valence-electron chi connectivity index (χ1n) is 9.39. The van der Waals surface area contributed by atoms with Crippen molar-refractivity contribution in [1.82, 2.24) is 0 Å². The highest BCUT2D eigenvalue weighted by atomic mass is 32.1. The fourth-order valence-corrected chi connectivity index (χ4v) is 2.83. The zero-order valence-corrected chi connectivity index (χ0v) is 18.4. The number of benzene rings is 1. The van der Waals surface area contributed by atoms with E-state index in [1.807, 2.05) is 78.9 Å². The number of thiol groups is 2. The minimum Gasteiger partial charge on any atom is -0.460 e. The van der Waals surface area contributed by atoms with Crippen LogP contribution in [0.5, 0.6) is 0 Å². The van der Waals surface area contributed by atoms with Crippen LogP contribution in [-0.2, 0) is 9.53 Å². The Labute approximate surface area is 179 Å². The van der Waals surface area contributed by atoms with Crippen molar-refractivity contribution in [3.63, 3.8) is 0 Å². The molecule has 0 aliphatic carbocycles. The number of hydrogen-bond acceptors (Lipinski definition) is 5. The third-order valence-electron chi connectivity index (χ3n) is 3.80. The monoisotopic (exact) mass is 419 g/mol. The van der Waals surface area contributed by atoms with E-state index in [2.05, 4.69) is 37.2 Å². The summed E-state index contributed by atoms with van der Waals surface area (Å²) in [7, 11) is 1.87. The molecular weight excluding hydrogens is 388 g/mol. The van der Waals surface area contributed by atoms with Crippen LogP contribution in [0.2, 0.25) is 0 Å². The van der Waals surface area contributed by atoms with Crippen LogP contribution in [0.25, 0.3) is 6.08 Å². The molecule has 1 aromatic carbocycles. The third kappa shape index (κ3) is 10.4. The summed E-state index contributed by atoms with van der Waals surface area (Å²) < 4.78 is 5.43. The number of carbonyl (C=O) groups excluding carboxylic acids is 1. The molecule has 0 saturated heterocycles. The molecule has 1 N–H and O–H groups in total. The van der Waals surface area contributed by atoms with Crippen molar-refractivity contribution in [2.75, 3.05) is 36.5 Å². The zero-order valence-electron chi connectivity index (χ0n) is 16.6. The van der Waals surface area contributed by atoms with Crippen molar-refractivity contribution < 1.29 is 14.5 Å². The molecule has 1 rings (SSSR count). The number of allylic oxidation sites excluding steroid dienone is 5. The summed E-state index contributed by atoms with van der Waals surface area (Å²) in [5.41, 5.74) is 2.06. The lowest BCUT2D eigenvalue weighted by atomic mass is 10.2. The van der Waals surface area contributed by atoms with Gasteiger partial charge in [-0.3, -0.25) is 4.79 Å². The molecule has 6 heteroatoms. The van der Waals surface area contributed by atoms with E-state index in [1.54, 1.807) is 0 Å². The maximum absolute atomic E-state index is 12.1. The summed E-state index contributed by atoms with van der Waals surface area (Å²) >= 11 is 8.39. The number of anilines is 1. The van der Waals surface area contributed by atoms with Gasteiger partial charge in [0.25, 0.3) is 0 Å². The number of ether oxygens (including phenoxy) is 1. The molecule has 0 bridgehead atoms. The highest BCUT2D eigenvalue weighted by Crippen LogP contribution is 2.15. The summed E-state index contributed by atoms with van der Waals surface area (Å²) in [6.45, 7) is 3.18. The average molecular weight is 420 g/mol. The van der Waals surface area contributed by atoms with Gasteiger partial charge in [0.15, 0.2) is 6.21 Å². The molecular formula is C22H31N2O2S2+. The van der Waals surface area contributed by atoms with Crippen LogP contribution in [0, 0.1) is 0 Å². The molecule has 152 valence electrons. The van der Waals surface area contributed by atoms with Gasteiger partial charge in [-0.1, -0.05) is 42.5 Å². The van der Waals surface area contributed by atoms with Gasteiger partial charge in [-0.05, 0) is 36.8 Å². The van der Waals surface area contributed by atoms with Crippen molar-refractivity contribution in [2.24, 2.45) is 0 Å². The van der Waals surface area contributed by atoms with Crippen LogP contribution in [0.3, 0.4) is 0 Å². The molecule has 1 aromatic rings. The maximum atomic E-state index is 12.1. The number of nitrogens with one attached hydrogen (secondary N) is 1. The standard InChI is InChI=1S/C22H30N2O2S2/c1-3-23-15-8-6-4-5-7-9-19-10-12-20(13-11-19)24(2)17-22(25)26-21(18-28)14-16-27/h4-13,15,21,27-28H,3,14,16-18H2,1-2H3/p+1/b5-4+,8-6-,9-7+,23-15?. The minimum absolute atomic E-state index is 0.182. The number of nitrogens with zero attached hydrogens (tertiary/aromatic N) is 1. The van der Waals surface area contributed by atoms with Crippen LogP contribution in [-0.4, -0.2) is 49.9 Å². The van der Waals surface area contributed by atoms with Gasteiger partial charge >= 0.3 is 5.97 Å². The largest absolute Gasteiger partial charge is 0.460 e. The molecule has 0 aromatic heterocycles. The molecule has 0 spiro atoms. The van der Waals surface area contributed by atoms with Crippen LogP contribution in [0.4, 0.5) is 5.69 Å². The minimum atomic E-state index is -0.253. The molecule has 0 heterocycles. The maximum Gasteiger partial charge on any atom is 0.325 e. The highest BCUT2D eigenvalue weighted by Gasteiger charge is 2.14. The number of rotatable bonds is 12. The molecule has 0 aliphatic rings. The van der Waals surface area contributed by atoms with E-state index in [1.165, 1.54) is 0 Å². The number of likely N-dealkylation sites (N-methyl/N-ethyl adjacent to an activating group) is 1. The molecule has 1 atom stereocenters. The number of carbonyl (C=O) groups is 1. The SMILES string of the molecule is CC[NH+]=C\C=C/C=C/C=C/c1ccc(N(C)CC(=O)OC(CS)CCS)cc1. The van der Waals surface area contributed by atoms with E-state index >= 15 is 0 Å². The quantitative estimate of drug-likeness (QED) is 0.211. The second kappa shape index (κ2) is 15.1. The van der Waals surface area contributed by atoms with Crippen LogP contribution in [0.15, 0.2) is 54.6 Å². The first-order chi connectivity index (χ1) is 13.6. The van der Waals surface area contributed by atoms with Crippen LogP contribution in [0.1, 0.15) is 18.9 Å². The first-order valence-corrected chi connectivity index (χ1v) is 10.7. The Kier molecular flexibility index (Phi) is 13.0. The Balaban J connectivity index is 2.51. The van der Waals surface area contributed by atoms with E-state index in [-0.39, 0.29) is 18.6 Å². The second-order valence-corrected chi connectivity index (χ2v) is 6.92. The summed E-state index contributed by atoms with van der Waals surface area (Å²) in [6.07, 6.45) is 14.4. The lowest BCUT2D eigenvalue weighted by Gasteiger charge is -2.21. The molecule has 28 heavy (non-hydrogen) atoms. The summed E-state index contributed by atoms with van der Waals surface area (Å²) in [5, 5.41) is 0. The van der Waals surface area contributed by atoms with E-state index in [9.17, 15) is 4.79 Å². The lowest BCUT2D eigenvalue weighted by molar-refractivity contribution is -0.446. The van der Waals surface area contributed by atoms with Crippen molar-refractivity contribution in [3.8, 4) is 0 Å². The highest BCUT2D eigenvalue weighted by molar-refractivity contribution is 7.80. The molecule has 1 unspecified atom stereocenters. The Morgan fingerprint density at radius 3 is 2.46 bits per heavy atom. The van der Waals surface area contributed by atoms with E-state index in [0.29, 0.717) is 17.9 Å². The fourth-order valence-electron chi connectivity index (χ4n) is 2.28. The van der Waals surface area contributed by atoms with Crippen molar-refractivity contribution in [3.05, 3.63) is 60.2 Å². The number of hydrogen-bond donors (Lipinski definition) is 3. The van der Waals surface area contributed by atoms with Gasteiger partial charge in [-0.15, -0.1) is 0 Å². The zero-order chi connectivity index (χ0) is 20.6. The third-order valence-corrected chi connectivity index (χ3v) is 4.47. The van der Waals surface area contributed by atoms with Gasteiger partial charge in [-0.25, -0.2) is 4.99 Å². The Morgan fingerprint density at radius 2 is 1.82 bits per heavy atom.